The second-order valence-corrected chi connectivity index (χ2v) is 5.42. The first-order valence-electron chi connectivity index (χ1n) is 5.79. The molecule has 0 spiro atoms. The van der Waals surface area contributed by atoms with Gasteiger partial charge in [0.05, 0.1) is 5.60 Å². The smallest absolute Gasteiger partial charge is 0.0825 e. The molecule has 0 saturated heterocycles. The molecule has 0 aromatic carbocycles. The summed E-state index contributed by atoms with van der Waals surface area (Å²) in [6.45, 7) is 10.7. The largest absolute Gasteiger partial charge is 0.386 e. The van der Waals surface area contributed by atoms with Gasteiger partial charge in [-0.1, -0.05) is 33.3 Å². The predicted octanol–water partition coefficient (Wildman–Crippen LogP) is 3.53. The summed E-state index contributed by atoms with van der Waals surface area (Å²) in [6.07, 6.45) is 7.02. The van der Waals surface area contributed by atoms with Gasteiger partial charge in [0.1, 0.15) is 0 Å². The summed E-state index contributed by atoms with van der Waals surface area (Å²) in [5, 5.41) is 10.0. The van der Waals surface area contributed by atoms with Crippen molar-refractivity contribution in [2.75, 3.05) is 0 Å². The van der Waals surface area contributed by atoms with Gasteiger partial charge in [0.15, 0.2) is 0 Å². The molecule has 0 aliphatic heterocycles. The van der Waals surface area contributed by atoms with Crippen molar-refractivity contribution in [2.24, 2.45) is 11.3 Å². The predicted molar refractivity (Wildman–Crippen MR) is 61.2 cm³/mol. The fourth-order valence-corrected chi connectivity index (χ4v) is 2.39. The molecule has 1 aliphatic rings. The van der Waals surface area contributed by atoms with Gasteiger partial charge in [-0.3, -0.25) is 0 Å². The second-order valence-electron chi connectivity index (χ2n) is 5.42. The zero-order chi connectivity index (χ0) is 10.8. The van der Waals surface area contributed by atoms with Crippen molar-refractivity contribution in [2.45, 2.75) is 58.5 Å². The summed E-state index contributed by atoms with van der Waals surface area (Å²) >= 11 is 0. The molecule has 1 saturated carbocycles. The van der Waals surface area contributed by atoms with Gasteiger partial charge in [-0.2, -0.15) is 0 Å². The second kappa shape index (κ2) is 4.06. The molecular formula is C13H24O. The van der Waals surface area contributed by atoms with Crippen LogP contribution in [0.5, 0.6) is 0 Å². The zero-order valence-corrected chi connectivity index (χ0v) is 9.84. The molecule has 1 N–H and O–H groups in total. The van der Waals surface area contributed by atoms with E-state index in [2.05, 4.69) is 27.4 Å². The molecule has 0 aromatic heterocycles. The fraction of sp³-hybridized carbons (Fsp3) is 0.846. The molecule has 0 heterocycles. The van der Waals surface area contributed by atoms with Crippen LogP contribution in [0.2, 0.25) is 0 Å². The highest BCUT2D eigenvalue weighted by Gasteiger charge is 2.36. The Hall–Kier alpha value is -0.300. The summed E-state index contributed by atoms with van der Waals surface area (Å²) in [7, 11) is 0. The van der Waals surface area contributed by atoms with E-state index in [0.29, 0.717) is 5.41 Å². The first kappa shape index (κ1) is 11.8. The first-order chi connectivity index (χ1) is 6.43. The molecule has 1 nitrogen and oxygen atoms in total. The molecule has 0 bridgehead atoms. The van der Waals surface area contributed by atoms with E-state index >= 15 is 0 Å². The van der Waals surface area contributed by atoms with Gasteiger partial charge in [0, 0.05) is 0 Å². The highest BCUT2D eigenvalue weighted by atomic mass is 16.3. The normalized spacial score (nSPS) is 34.1. The van der Waals surface area contributed by atoms with Crippen molar-refractivity contribution in [1.29, 1.82) is 0 Å². The Morgan fingerprint density at radius 3 is 2.29 bits per heavy atom. The van der Waals surface area contributed by atoms with Crippen LogP contribution in [0, 0.1) is 11.3 Å². The number of aliphatic hydroxyl groups is 1. The summed E-state index contributed by atoms with van der Waals surface area (Å²) in [4.78, 5) is 0. The van der Waals surface area contributed by atoms with Crippen molar-refractivity contribution >= 4 is 0 Å². The zero-order valence-electron chi connectivity index (χ0n) is 9.84. The average molecular weight is 196 g/mol. The van der Waals surface area contributed by atoms with E-state index in [4.69, 9.17) is 0 Å². The quantitative estimate of drug-likeness (QED) is 0.685. The summed E-state index contributed by atoms with van der Waals surface area (Å²) in [5.74, 6) is 0.771. The minimum atomic E-state index is -0.569. The Morgan fingerprint density at radius 1 is 1.43 bits per heavy atom. The summed E-state index contributed by atoms with van der Waals surface area (Å²) < 4.78 is 0. The average Bonchev–Trinajstić information content (AvgIpc) is 2.19. The number of hydrogen-bond donors (Lipinski definition) is 1. The van der Waals surface area contributed by atoms with Gasteiger partial charge in [-0.05, 0) is 37.0 Å². The fourth-order valence-electron chi connectivity index (χ4n) is 2.39. The van der Waals surface area contributed by atoms with Crippen LogP contribution >= 0.6 is 0 Å². The lowest BCUT2D eigenvalue weighted by Crippen LogP contribution is -2.36. The van der Waals surface area contributed by atoms with Crippen molar-refractivity contribution in [3.63, 3.8) is 0 Å². The summed E-state index contributed by atoms with van der Waals surface area (Å²) in [6, 6.07) is 0. The van der Waals surface area contributed by atoms with Crippen LogP contribution in [-0.4, -0.2) is 10.7 Å². The lowest BCUT2D eigenvalue weighted by atomic mass is 9.66. The molecule has 82 valence electrons. The maximum atomic E-state index is 10.0. The Balaban J connectivity index is 2.55. The van der Waals surface area contributed by atoms with Crippen molar-refractivity contribution in [3.05, 3.63) is 12.7 Å². The SMILES string of the molecule is C=CC1(O)CCC(C(C)(C)CC)CC1. The highest BCUT2D eigenvalue weighted by molar-refractivity contribution is 5.00. The molecule has 14 heavy (non-hydrogen) atoms. The third-order valence-corrected chi connectivity index (χ3v) is 4.25. The molecule has 1 heteroatoms. The van der Waals surface area contributed by atoms with Crippen molar-refractivity contribution < 1.29 is 5.11 Å². The van der Waals surface area contributed by atoms with Gasteiger partial charge in [-0.15, -0.1) is 6.58 Å². The molecule has 0 aromatic rings. The van der Waals surface area contributed by atoms with E-state index in [-0.39, 0.29) is 0 Å². The van der Waals surface area contributed by atoms with Gasteiger partial charge < -0.3 is 5.11 Å². The minimum absolute atomic E-state index is 0.433. The Labute approximate surface area is 88.2 Å². The van der Waals surface area contributed by atoms with Gasteiger partial charge in [-0.25, -0.2) is 0 Å². The van der Waals surface area contributed by atoms with Gasteiger partial charge in [0.2, 0.25) is 0 Å². The van der Waals surface area contributed by atoms with Crippen LogP contribution in [-0.2, 0) is 0 Å². The van der Waals surface area contributed by atoms with E-state index in [9.17, 15) is 5.11 Å². The molecule has 0 amide bonds. The monoisotopic (exact) mass is 196 g/mol. The Morgan fingerprint density at radius 2 is 1.93 bits per heavy atom. The standard InChI is InChI=1S/C13H24O/c1-5-12(3,4)11-7-9-13(14,6-2)10-8-11/h6,11,14H,2,5,7-10H2,1,3-4H3. The molecule has 0 atom stereocenters. The van der Waals surface area contributed by atoms with E-state index in [0.717, 1.165) is 31.6 Å². The van der Waals surface area contributed by atoms with Crippen LogP contribution in [0.25, 0.3) is 0 Å². The van der Waals surface area contributed by atoms with Crippen LogP contribution < -0.4 is 0 Å². The summed E-state index contributed by atoms with van der Waals surface area (Å²) in [5.41, 5.74) is -0.136. The lowest BCUT2D eigenvalue weighted by molar-refractivity contribution is 0.00930. The van der Waals surface area contributed by atoms with Crippen LogP contribution in [0.15, 0.2) is 12.7 Å². The molecule has 0 unspecified atom stereocenters. The van der Waals surface area contributed by atoms with Crippen molar-refractivity contribution in [3.8, 4) is 0 Å². The minimum Gasteiger partial charge on any atom is -0.386 e. The molecule has 1 rings (SSSR count). The third-order valence-electron chi connectivity index (χ3n) is 4.25. The first-order valence-corrected chi connectivity index (χ1v) is 5.79. The van der Waals surface area contributed by atoms with Crippen LogP contribution in [0.4, 0.5) is 0 Å². The lowest BCUT2D eigenvalue weighted by Gasteiger charge is -2.41. The third kappa shape index (κ3) is 2.38. The van der Waals surface area contributed by atoms with Gasteiger partial charge in [0.25, 0.3) is 0 Å². The molecule has 1 fully saturated rings. The topological polar surface area (TPSA) is 20.2 Å². The molecule has 1 aliphatic carbocycles. The number of rotatable bonds is 3. The van der Waals surface area contributed by atoms with Crippen LogP contribution in [0.1, 0.15) is 52.9 Å². The van der Waals surface area contributed by atoms with Crippen molar-refractivity contribution in [1.82, 2.24) is 0 Å². The molecule has 0 radical (unpaired) electrons. The highest BCUT2D eigenvalue weighted by Crippen LogP contribution is 2.43. The van der Waals surface area contributed by atoms with E-state index in [1.165, 1.54) is 6.42 Å². The maximum absolute atomic E-state index is 10.0. The molecular weight excluding hydrogens is 172 g/mol. The maximum Gasteiger partial charge on any atom is 0.0825 e. The van der Waals surface area contributed by atoms with Gasteiger partial charge >= 0.3 is 0 Å². The van der Waals surface area contributed by atoms with E-state index in [1.807, 2.05) is 0 Å². The van der Waals surface area contributed by atoms with E-state index in [1.54, 1.807) is 6.08 Å². The Kier molecular flexibility index (Phi) is 3.41. The number of hydrogen-bond acceptors (Lipinski definition) is 1. The van der Waals surface area contributed by atoms with E-state index < -0.39 is 5.60 Å². The Bertz CT molecular complexity index is 197. The van der Waals surface area contributed by atoms with Crippen LogP contribution in [0.3, 0.4) is 0 Å².